The summed E-state index contributed by atoms with van der Waals surface area (Å²) in [5.41, 5.74) is 1.16. The quantitative estimate of drug-likeness (QED) is 0.899. The van der Waals surface area contributed by atoms with Crippen LogP contribution in [0.1, 0.15) is 26.5 Å². The van der Waals surface area contributed by atoms with E-state index in [4.69, 9.17) is 4.74 Å². The maximum atomic E-state index is 11.5. The van der Waals surface area contributed by atoms with Crippen LogP contribution in [0.2, 0.25) is 0 Å². The molecule has 0 radical (unpaired) electrons. The zero-order chi connectivity index (χ0) is 12.9. The van der Waals surface area contributed by atoms with Gasteiger partial charge in [0.1, 0.15) is 5.60 Å². The van der Waals surface area contributed by atoms with Gasteiger partial charge in [0.2, 0.25) is 0 Å². The molecule has 1 N–H and O–H groups in total. The summed E-state index contributed by atoms with van der Waals surface area (Å²) in [4.78, 5) is 15.7. The van der Waals surface area contributed by atoms with Crippen molar-refractivity contribution in [1.82, 2.24) is 4.98 Å². The number of ether oxygens (including phenoxy) is 1. The first-order chi connectivity index (χ1) is 7.90. The summed E-state index contributed by atoms with van der Waals surface area (Å²) in [7, 11) is 0. The summed E-state index contributed by atoms with van der Waals surface area (Å²) in [6, 6.07) is 3.59. The van der Waals surface area contributed by atoms with E-state index in [-0.39, 0.29) is 0 Å². The molecule has 1 aromatic rings. The second-order valence-corrected chi connectivity index (χ2v) is 5.46. The third kappa shape index (κ3) is 5.58. The summed E-state index contributed by atoms with van der Waals surface area (Å²) in [6.45, 7) is 5.49. The van der Waals surface area contributed by atoms with Crippen LogP contribution in [0, 0.1) is 0 Å². The molecule has 0 aromatic carbocycles. The molecular formula is C12H18N2O2S. The summed E-state index contributed by atoms with van der Waals surface area (Å²) < 4.78 is 5.17. The second kappa shape index (κ2) is 5.91. The van der Waals surface area contributed by atoms with Crippen molar-refractivity contribution >= 4 is 23.5 Å². The smallest absolute Gasteiger partial charge is 0.412 e. The maximum Gasteiger partial charge on any atom is 0.412 e. The van der Waals surface area contributed by atoms with E-state index in [1.165, 1.54) is 0 Å². The predicted molar refractivity (Wildman–Crippen MR) is 71.3 cm³/mol. The van der Waals surface area contributed by atoms with Crippen LogP contribution in [-0.4, -0.2) is 22.9 Å². The van der Waals surface area contributed by atoms with Gasteiger partial charge < -0.3 is 4.74 Å². The van der Waals surface area contributed by atoms with Gasteiger partial charge in [0.25, 0.3) is 0 Å². The molecule has 5 heteroatoms. The normalized spacial score (nSPS) is 11.1. The number of aromatic nitrogens is 1. The molecule has 0 atom stereocenters. The van der Waals surface area contributed by atoms with Crippen molar-refractivity contribution in [2.45, 2.75) is 32.1 Å². The lowest BCUT2D eigenvalue weighted by Gasteiger charge is -2.19. The van der Waals surface area contributed by atoms with Crippen LogP contribution in [-0.2, 0) is 10.5 Å². The number of nitrogens with zero attached hydrogens (tertiary/aromatic N) is 1. The van der Waals surface area contributed by atoms with E-state index in [1.807, 2.05) is 33.1 Å². The third-order valence-electron chi connectivity index (χ3n) is 1.75. The molecule has 94 valence electrons. The van der Waals surface area contributed by atoms with Crippen LogP contribution in [0.25, 0.3) is 0 Å². The summed E-state index contributed by atoms with van der Waals surface area (Å²) in [5, 5.41) is 2.69. The first-order valence-corrected chi connectivity index (χ1v) is 6.74. The van der Waals surface area contributed by atoms with Gasteiger partial charge in [0.05, 0.1) is 5.69 Å². The molecule has 1 heterocycles. The fourth-order valence-corrected chi connectivity index (χ4v) is 1.66. The van der Waals surface area contributed by atoms with Gasteiger partial charge in [-0.15, -0.1) is 0 Å². The van der Waals surface area contributed by atoms with Gasteiger partial charge in [-0.25, -0.2) is 4.79 Å². The Labute approximate surface area is 106 Å². The molecule has 1 rings (SSSR count). The number of hydrogen-bond donors (Lipinski definition) is 1. The Morgan fingerprint density at radius 3 is 2.82 bits per heavy atom. The molecule has 1 amide bonds. The molecule has 0 spiro atoms. The van der Waals surface area contributed by atoms with Crippen LogP contribution >= 0.6 is 11.8 Å². The van der Waals surface area contributed by atoms with Crippen molar-refractivity contribution < 1.29 is 9.53 Å². The minimum Gasteiger partial charge on any atom is -0.444 e. The van der Waals surface area contributed by atoms with Crippen molar-refractivity contribution in [2.75, 3.05) is 11.6 Å². The van der Waals surface area contributed by atoms with Gasteiger partial charge in [-0.3, -0.25) is 10.3 Å². The van der Waals surface area contributed by atoms with E-state index in [0.29, 0.717) is 5.69 Å². The standard InChI is InChI=1S/C12H18N2O2S/c1-12(2,3)16-11(15)14-9-5-6-13-10(7-9)8-17-4/h5-7H,8H2,1-4H3,(H,13,14,15). The number of amides is 1. The van der Waals surface area contributed by atoms with E-state index < -0.39 is 11.7 Å². The highest BCUT2D eigenvalue weighted by molar-refractivity contribution is 7.97. The van der Waals surface area contributed by atoms with E-state index in [1.54, 1.807) is 24.0 Å². The first kappa shape index (κ1) is 13.8. The highest BCUT2D eigenvalue weighted by atomic mass is 32.2. The lowest BCUT2D eigenvalue weighted by Crippen LogP contribution is -2.27. The lowest BCUT2D eigenvalue weighted by molar-refractivity contribution is 0.0636. The molecule has 1 aromatic heterocycles. The molecule has 17 heavy (non-hydrogen) atoms. The fraction of sp³-hybridized carbons (Fsp3) is 0.500. The van der Waals surface area contributed by atoms with Crippen LogP contribution < -0.4 is 5.32 Å². The minimum absolute atomic E-state index is 0.446. The van der Waals surface area contributed by atoms with Gasteiger partial charge in [-0.05, 0) is 39.2 Å². The zero-order valence-electron chi connectivity index (χ0n) is 10.6. The fourth-order valence-electron chi connectivity index (χ4n) is 1.20. The Hall–Kier alpha value is -1.23. The van der Waals surface area contributed by atoms with Gasteiger partial charge in [0, 0.05) is 17.6 Å². The number of pyridine rings is 1. The van der Waals surface area contributed by atoms with Crippen molar-refractivity contribution in [3.05, 3.63) is 24.0 Å². The first-order valence-electron chi connectivity index (χ1n) is 5.34. The molecule has 0 aliphatic rings. The summed E-state index contributed by atoms with van der Waals surface area (Å²) in [5.74, 6) is 0.823. The maximum absolute atomic E-state index is 11.5. The number of carbonyl (C=O) groups is 1. The summed E-state index contributed by atoms with van der Waals surface area (Å²) in [6.07, 6.45) is 3.24. The molecular weight excluding hydrogens is 236 g/mol. The number of carbonyl (C=O) groups excluding carboxylic acids is 1. The van der Waals surface area contributed by atoms with Crippen LogP contribution in [0.3, 0.4) is 0 Å². The molecule has 0 aliphatic carbocycles. The summed E-state index contributed by atoms with van der Waals surface area (Å²) >= 11 is 1.69. The zero-order valence-corrected chi connectivity index (χ0v) is 11.4. The van der Waals surface area contributed by atoms with Crippen molar-refractivity contribution in [3.63, 3.8) is 0 Å². The monoisotopic (exact) mass is 254 g/mol. The highest BCUT2D eigenvalue weighted by Crippen LogP contribution is 2.14. The van der Waals surface area contributed by atoms with E-state index in [9.17, 15) is 4.79 Å². The van der Waals surface area contributed by atoms with Gasteiger partial charge in [0.15, 0.2) is 0 Å². The lowest BCUT2D eigenvalue weighted by atomic mass is 10.2. The molecule has 0 unspecified atom stereocenters. The SMILES string of the molecule is CSCc1cc(NC(=O)OC(C)(C)C)ccn1. The topological polar surface area (TPSA) is 51.2 Å². The average molecular weight is 254 g/mol. The Morgan fingerprint density at radius 2 is 2.24 bits per heavy atom. The Bertz CT molecular complexity index is 388. The van der Waals surface area contributed by atoms with E-state index in [2.05, 4.69) is 10.3 Å². The van der Waals surface area contributed by atoms with Crippen molar-refractivity contribution in [2.24, 2.45) is 0 Å². The molecule has 4 nitrogen and oxygen atoms in total. The van der Waals surface area contributed by atoms with Crippen molar-refractivity contribution in [3.8, 4) is 0 Å². The molecule has 0 saturated heterocycles. The molecule has 0 fully saturated rings. The van der Waals surface area contributed by atoms with Crippen molar-refractivity contribution in [1.29, 1.82) is 0 Å². The molecule has 0 saturated carbocycles. The largest absolute Gasteiger partial charge is 0.444 e. The number of hydrogen-bond acceptors (Lipinski definition) is 4. The predicted octanol–water partition coefficient (Wildman–Crippen LogP) is 3.29. The average Bonchev–Trinajstić information content (AvgIpc) is 2.15. The number of anilines is 1. The van der Waals surface area contributed by atoms with Gasteiger partial charge >= 0.3 is 6.09 Å². The highest BCUT2D eigenvalue weighted by Gasteiger charge is 2.16. The number of thioether (sulfide) groups is 1. The third-order valence-corrected chi connectivity index (χ3v) is 2.34. The Kier molecular flexibility index (Phi) is 4.81. The second-order valence-electron chi connectivity index (χ2n) is 4.60. The van der Waals surface area contributed by atoms with Crippen LogP contribution in [0.15, 0.2) is 18.3 Å². The Morgan fingerprint density at radius 1 is 1.53 bits per heavy atom. The molecule has 0 bridgehead atoms. The van der Waals surface area contributed by atoms with Crippen LogP contribution in [0.5, 0.6) is 0 Å². The van der Waals surface area contributed by atoms with Gasteiger partial charge in [-0.2, -0.15) is 11.8 Å². The number of nitrogens with one attached hydrogen (secondary N) is 1. The minimum atomic E-state index is -0.487. The molecule has 0 aliphatic heterocycles. The Balaban J connectivity index is 2.62. The van der Waals surface area contributed by atoms with Crippen LogP contribution in [0.4, 0.5) is 10.5 Å². The van der Waals surface area contributed by atoms with Gasteiger partial charge in [-0.1, -0.05) is 0 Å². The van der Waals surface area contributed by atoms with E-state index in [0.717, 1.165) is 11.4 Å². The van der Waals surface area contributed by atoms with E-state index >= 15 is 0 Å². The number of rotatable bonds is 3.